The minimum atomic E-state index is -2.15. The van der Waals surface area contributed by atoms with Crippen molar-refractivity contribution in [1.29, 1.82) is 0 Å². The van der Waals surface area contributed by atoms with Crippen LogP contribution in [0.25, 0.3) is 0 Å². The lowest BCUT2D eigenvalue weighted by molar-refractivity contribution is -0.416. The van der Waals surface area contributed by atoms with Crippen molar-refractivity contribution in [2.75, 3.05) is 5.88 Å². The molecule has 0 spiro atoms. The second kappa shape index (κ2) is 5.39. The Morgan fingerprint density at radius 2 is 1.50 bits per heavy atom. The molecule has 1 aliphatic rings. The maximum atomic E-state index is 13.9. The zero-order chi connectivity index (χ0) is 16.0. The van der Waals surface area contributed by atoms with Crippen molar-refractivity contribution in [3.05, 3.63) is 58.4 Å². The molecule has 0 aromatic heterocycles. The van der Waals surface area contributed by atoms with Crippen molar-refractivity contribution in [3.63, 3.8) is 0 Å². The Morgan fingerprint density at radius 3 is 2.14 bits per heavy atom. The molecule has 1 aliphatic heterocycles. The zero-order valence-corrected chi connectivity index (χ0v) is 12.1. The molecule has 0 radical (unpaired) electrons. The van der Waals surface area contributed by atoms with Crippen LogP contribution in [0.4, 0.5) is 27.6 Å². The summed E-state index contributed by atoms with van der Waals surface area (Å²) < 4.78 is 68.4. The first-order valence-corrected chi connectivity index (χ1v) is 7.25. The average molecular weight is 330 g/mol. The average Bonchev–Trinajstić information content (AvgIpc) is 2.51. The number of fused-ring (bicyclic) bond motifs is 1. The fraction of sp³-hybridized carbons (Fsp3) is 0.133. The molecule has 3 rings (SSSR count). The number of hydrogen-bond acceptors (Lipinski definition) is 1. The molecule has 2 aromatic carbocycles. The molecule has 0 fully saturated rings. The lowest BCUT2D eigenvalue weighted by Crippen LogP contribution is -2.18. The quantitative estimate of drug-likeness (QED) is 0.322. The van der Waals surface area contributed by atoms with Crippen molar-refractivity contribution in [2.24, 2.45) is 0 Å². The van der Waals surface area contributed by atoms with E-state index in [1.54, 1.807) is 12.1 Å². The predicted octanol–water partition coefficient (Wildman–Crippen LogP) is 4.52. The fourth-order valence-corrected chi connectivity index (χ4v) is 3.34. The molecule has 0 saturated heterocycles. The van der Waals surface area contributed by atoms with Crippen LogP contribution in [0.5, 0.6) is 0 Å². The van der Waals surface area contributed by atoms with Gasteiger partial charge < -0.3 is 0 Å². The molecule has 2 aromatic rings. The van der Waals surface area contributed by atoms with Gasteiger partial charge in [0.25, 0.3) is 5.69 Å². The summed E-state index contributed by atoms with van der Waals surface area (Å²) in [4.78, 5) is 0.919. The Bertz CT molecular complexity index is 787. The highest BCUT2D eigenvalue weighted by molar-refractivity contribution is 7.99. The molecule has 22 heavy (non-hydrogen) atoms. The van der Waals surface area contributed by atoms with Crippen LogP contribution in [0.1, 0.15) is 11.1 Å². The van der Waals surface area contributed by atoms with E-state index < -0.39 is 34.8 Å². The highest BCUT2D eigenvalue weighted by atomic mass is 32.2. The number of nitrogens with zero attached hydrogens (tertiary/aromatic N) is 1. The first kappa shape index (κ1) is 15.0. The van der Waals surface area contributed by atoms with Gasteiger partial charge in [-0.05, 0) is 18.6 Å². The maximum absolute atomic E-state index is 13.9. The molecule has 0 saturated carbocycles. The maximum Gasteiger partial charge on any atom is 0.284 e. The lowest BCUT2D eigenvalue weighted by Gasteiger charge is -2.14. The molecule has 1 nitrogen and oxygen atoms in total. The smallest absolute Gasteiger partial charge is 0.200 e. The van der Waals surface area contributed by atoms with E-state index in [1.807, 2.05) is 13.0 Å². The van der Waals surface area contributed by atoms with Gasteiger partial charge in [0.15, 0.2) is 12.1 Å². The van der Waals surface area contributed by atoms with Gasteiger partial charge in [-0.1, -0.05) is 23.9 Å². The molecule has 0 N–H and O–H groups in total. The summed E-state index contributed by atoms with van der Waals surface area (Å²) in [5.41, 5.74) is 0.715. The van der Waals surface area contributed by atoms with Crippen molar-refractivity contribution < 1.29 is 26.5 Å². The third-order valence-electron chi connectivity index (χ3n) is 3.36. The van der Waals surface area contributed by atoms with Gasteiger partial charge in [-0.3, -0.25) is 0 Å². The van der Waals surface area contributed by atoms with Crippen LogP contribution < -0.4 is 0 Å². The second-order valence-electron chi connectivity index (χ2n) is 4.78. The molecule has 0 unspecified atom stereocenters. The minimum absolute atomic E-state index is 0.0518. The highest BCUT2D eigenvalue weighted by Crippen LogP contribution is 2.35. The molecule has 0 amide bonds. The second-order valence-corrected chi connectivity index (χ2v) is 5.74. The van der Waals surface area contributed by atoms with Gasteiger partial charge in [-0.25, -0.2) is 13.2 Å². The van der Waals surface area contributed by atoms with Gasteiger partial charge >= 0.3 is 0 Å². The van der Waals surface area contributed by atoms with Crippen LogP contribution in [0.2, 0.25) is 0 Å². The Hall–Kier alpha value is -1.89. The van der Waals surface area contributed by atoms with Crippen molar-refractivity contribution in [2.45, 2.75) is 11.8 Å². The summed E-state index contributed by atoms with van der Waals surface area (Å²) in [6.45, 7) is 1.88. The summed E-state index contributed by atoms with van der Waals surface area (Å²) in [5, 5.41) is 0. The van der Waals surface area contributed by atoms with Gasteiger partial charge in [0, 0.05) is 4.90 Å². The Kier molecular flexibility index (Phi) is 3.68. The first-order chi connectivity index (χ1) is 10.4. The number of rotatable bonds is 1. The first-order valence-electron chi connectivity index (χ1n) is 6.27. The monoisotopic (exact) mass is 330 g/mol. The van der Waals surface area contributed by atoms with Gasteiger partial charge in [-0.15, -0.1) is 0 Å². The summed E-state index contributed by atoms with van der Waals surface area (Å²) >= 11 is 1.27. The van der Waals surface area contributed by atoms with E-state index in [-0.39, 0.29) is 5.88 Å². The number of benzene rings is 2. The van der Waals surface area contributed by atoms with E-state index in [1.165, 1.54) is 18.0 Å². The number of aryl methyl sites for hydroxylation is 1. The van der Waals surface area contributed by atoms with Crippen LogP contribution in [-0.2, 0) is 0 Å². The van der Waals surface area contributed by atoms with Crippen molar-refractivity contribution in [3.8, 4) is 0 Å². The van der Waals surface area contributed by atoms with Crippen LogP contribution in [0.15, 0.2) is 23.1 Å². The third kappa shape index (κ3) is 2.20. The van der Waals surface area contributed by atoms with E-state index >= 15 is 0 Å². The van der Waals surface area contributed by atoms with Gasteiger partial charge in [0.2, 0.25) is 29.1 Å². The SMILES string of the molecule is Cc1cccc2c1SC[N+](c1c(F)c(F)c(F)c(F)c1F)=C2. The molecule has 7 heteroatoms. The van der Waals surface area contributed by atoms with Crippen LogP contribution in [0, 0.1) is 36.0 Å². The van der Waals surface area contributed by atoms with Crippen LogP contribution in [-0.4, -0.2) is 16.7 Å². The number of hydrogen-bond donors (Lipinski definition) is 0. The van der Waals surface area contributed by atoms with Gasteiger partial charge in [0.1, 0.15) is 0 Å². The highest BCUT2D eigenvalue weighted by Gasteiger charge is 2.34. The largest absolute Gasteiger partial charge is 0.284 e. The van der Waals surface area contributed by atoms with E-state index in [2.05, 4.69) is 0 Å². The number of halogens is 5. The zero-order valence-electron chi connectivity index (χ0n) is 11.3. The van der Waals surface area contributed by atoms with Crippen molar-refractivity contribution in [1.82, 2.24) is 0 Å². The lowest BCUT2D eigenvalue weighted by atomic mass is 10.1. The summed E-state index contributed by atoms with van der Waals surface area (Å²) in [5.74, 6) is -9.64. The molecule has 114 valence electrons. The Morgan fingerprint density at radius 1 is 0.909 bits per heavy atom. The fourth-order valence-electron chi connectivity index (χ4n) is 2.29. The summed E-state index contributed by atoms with van der Waals surface area (Å²) in [6.07, 6.45) is 1.39. The number of thioether (sulfide) groups is 1. The molecular formula is C15H9F5NS+. The van der Waals surface area contributed by atoms with E-state index in [0.29, 0.717) is 5.56 Å². The molecule has 0 aliphatic carbocycles. The van der Waals surface area contributed by atoms with Crippen molar-refractivity contribution >= 4 is 23.7 Å². The molecule has 0 bridgehead atoms. The minimum Gasteiger partial charge on any atom is -0.200 e. The summed E-state index contributed by atoms with van der Waals surface area (Å²) in [6, 6.07) is 5.36. The van der Waals surface area contributed by atoms with E-state index in [0.717, 1.165) is 15.0 Å². The predicted molar refractivity (Wildman–Crippen MR) is 73.2 cm³/mol. The summed E-state index contributed by atoms with van der Waals surface area (Å²) in [7, 11) is 0. The third-order valence-corrected chi connectivity index (χ3v) is 4.61. The Labute approximate surface area is 127 Å². The molecule has 1 heterocycles. The topological polar surface area (TPSA) is 3.01 Å². The van der Waals surface area contributed by atoms with E-state index in [9.17, 15) is 22.0 Å². The standard InChI is InChI=1S/C15H9F5NS/c1-7-3-2-4-8-5-21(6-22-15(7)8)14-12(19)10(17)9(16)11(18)13(14)20/h2-5H,6H2,1H3/q+1. The molecule has 0 atom stereocenters. The molecular weight excluding hydrogens is 321 g/mol. The van der Waals surface area contributed by atoms with Gasteiger partial charge in [-0.2, -0.15) is 13.4 Å². The van der Waals surface area contributed by atoms with Crippen LogP contribution >= 0.6 is 11.8 Å². The van der Waals surface area contributed by atoms with Crippen LogP contribution in [0.3, 0.4) is 0 Å². The Balaban J connectivity index is 2.22. The normalized spacial score (nSPS) is 13.8. The van der Waals surface area contributed by atoms with E-state index in [4.69, 9.17) is 0 Å². The van der Waals surface area contributed by atoms with Gasteiger partial charge in [0.05, 0.1) is 5.56 Å².